The predicted molar refractivity (Wildman–Crippen MR) is 62.5 cm³/mol. The Morgan fingerprint density at radius 2 is 1.87 bits per heavy atom. The Labute approximate surface area is 91.5 Å². The first-order valence-electron chi connectivity index (χ1n) is 5.23. The van der Waals surface area contributed by atoms with Crippen molar-refractivity contribution in [2.75, 3.05) is 27.2 Å². The number of aliphatic hydroxyl groups is 1. The number of benzene rings is 1. The fraction of sp³-hybridized carbons (Fsp3) is 0.500. The van der Waals surface area contributed by atoms with Gasteiger partial charge in [-0.25, -0.2) is 0 Å². The van der Waals surface area contributed by atoms with Crippen molar-refractivity contribution in [3.63, 3.8) is 0 Å². The lowest BCUT2D eigenvalue weighted by atomic mass is 9.93. The summed E-state index contributed by atoms with van der Waals surface area (Å²) in [7, 11) is 4.02. The highest BCUT2D eigenvalue weighted by Gasteiger charge is 2.22. The van der Waals surface area contributed by atoms with Crippen LogP contribution in [0.3, 0.4) is 0 Å². The van der Waals surface area contributed by atoms with Gasteiger partial charge in [0.15, 0.2) is 0 Å². The van der Waals surface area contributed by atoms with Crippen LogP contribution in [0.4, 0.5) is 0 Å². The lowest BCUT2D eigenvalue weighted by Gasteiger charge is -2.31. The van der Waals surface area contributed by atoms with Gasteiger partial charge in [0.25, 0.3) is 0 Å². The highest BCUT2D eigenvalue weighted by molar-refractivity contribution is 5.19. The van der Waals surface area contributed by atoms with Gasteiger partial charge in [-0.3, -0.25) is 0 Å². The molecule has 0 aliphatic heterocycles. The summed E-state index contributed by atoms with van der Waals surface area (Å²) in [5.74, 6) is 0.0856. The monoisotopic (exact) mass is 208 g/mol. The highest BCUT2D eigenvalue weighted by atomic mass is 16.3. The van der Waals surface area contributed by atoms with E-state index in [0.29, 0.717) is 6.54 Å². The van der Waals surface area contributed by atoms with Crippen molar-refractivity contribution < 1.29 is 5.11 Å². The molecule has 0 radical (unpaired) electrons. The molecule has 3 heteroatoms. The fourth-order valence-electron chi connectivity index (χ4n) is 1.95. The number of nitrogens with two attached hydrogens (primary N) is 1. The van der Waals surface area contributed by atoms with E-state index in [1.54, 1.807) is 0 Å². The summed E-state index contributed by atoms with van der Waals surface area (Å²) in [5.41, 5.74) is 6.87. The van der Waals surface area contributed by atoms with Gasteiger partial charge in [-0.1, -0.05) is 30.3 Å². The summed E-state index contributed by atoms with van der Waals surface area (Å²) >= 11 is 0. The normalized spacial score (nSPS) is 15.3. The van der Waals surface area contributed by atoms with Crippen LogP contribution in [0.15, 0.2) is 30.3 Å². The van der Waals surface area contributed by atoms with Crippen LogP contribution in [0.2, 0.25) is 0 Å². The fourth-order valence-corrected chi connectivity index (χ4v) is 1.95. The molecule has 0 unspecified atom stereocenters. The largest absolute Gasteiger partial charge is 0.396 e. The molecule has 3 N–H and O–H groups in total. The Morgan fingerprint density at radius 1 is 1.27 bits per heavy atom. The zero-order valence-corrected chi connectivity index (χ0v) is 9.43. The molecule has 0 saturated carbocycles. The third-order valence-corrected chi connectivity index (χ3v) is 2.68. The Hall–Kier alpha value is -0.900. The molecule has 1 aromatic rings. The SMILES string of the molecule is CN(C)[C@@H](c1ccccc1)[C@@H](CN)CO. The van der Waals surface area contributed by atoms with Gasteiger partial charge in [-0.15, -0.1) is 0 Å². The molecular formula is C12H20N2O. The second kappa shape index (κ2) is 5.85. The van der Waals surface area contributed by atoms with Crippen molar-refractivity contribution in [3.05, 3.63) is 35.9 Å². The van der Waals surface area contributed by atoms with E-state index in [4.69, 9.17) is 5.73 Å². The van der Waals surface area contributed by atoms with Gasteiger partial charge in [0.05, 0.1) is 0 Å². The van der Waals surface area contributed by atoms with Gasteiger partial charge in [0.2, 0.25) is 0 Å². The Balaban J connectivity index is 2.92. The average molecular weight is 208 g/mol. The third kappa shape index (κ3) is 3.02. The van der Waals surface area contributed by atoms with Crippen LogP contribution in [0, 0.1) is 5.92 Å². The van der Waals surface area contributed by atoms with Gasteiger partial charge >= 0.3 is 0 Å². The molecule has 0 heterocycles. The molecule has 1 rings (SSSR count). The minimum absolute atomic E-state index is 0.0856. The summed E-state index contributed by atoms with van der Waals surface area (Å²) in [6.07, 6.45) is 0. The van der Waals surface area contributed by atoms with E-state index < -0.39 is 0 Å². The van der Waals surface area contributed by atoms with Gasteiger partial charge in [-0.2, -0.15) is 0 Å². The first kappa shape index (κ1) is 12.2. The van der Waals surface area contributed by atoms with Crippen LogP contribution < -0.4 is 5.73 Å². The van der Waals surface area contributed by atoms with E-state index in [0.717, 1.165) is 0 Å². The molecule has 2 atom stereocenters. The minimum Gasteiger partial charge on any atom is -0.396 e. The summed E-state index contributed by atoms with van der Waals surface area (Å²) < 4.78 is 0. The molecule has 15 heavy (non-hydrogen) atoms. The first-order chi connectivity index (χ1) is 7.20. The summed E-state index contributed by atoms with van der Waals surface area (Å²) in [4.78, 5) is 2.10. The van der Waals surface area contributed by atoms with Crippen molar-refractivity contribution in [1.29, 1.82) is 0 Å². The first-order valence-corrected chi connectivity index (χ1v) is 5.23. The lowest BCUT2D eigenvalue weighted by Crippen LogP contribution is -2.34. The average Bonchev–Trinajstić information content (AvgIpc) is 2.26. The predicted octanol–water partition coefficient (Wildman–Crippen LogP) is 0.856. The molecule has 1 aromatic carbocycles. The molecule has 0 spiro atoms. The molecule has 0 aliphatic rings. The Bertz CT molecular complexity index is 270. The number of hydrogen-bond acceptors (Lipinski definition) is 3. The number of hydrogen-bond donors (Lipinski definition) is 2. The van der Waals surface area contributed by atoms with E-state index in [1.165, 1.54) is 5.56 Å². The van der Waals surface area contributed by atoms with E-state index in [9.17, 15) is 5.11 Å². The molecule has 0 amide bonds. The molecule has 0 bridgehead atoms. The van der Waals surface area contributed by atoms with Crippen LogP contribution in [0.1, 0.15) is 11.6 Å². The maximum atomic E-state index is 9.30. The highest BCUT2D eigenvalue weighted by Crippen LogP contribution is 2.25. The van der Waals surface area contributed by atoms with E-state index in [-0.39, 0.29) is 18.6 Å². The van der Waals surface area contributed by atoms with Crippen LogP contribution in [0.5, 0.6) is 0 Å². The topological polar surface area (TPSA) is 49.5 Å². The van der Waals surface area contributed by atoms with Gasteiger partial charge < -0.3 is 15.7 Å². The zero-order chi connectivity index (χ0) is 11.3. The van der Waals surface area contributed by atoms with E-state index in [2.05, 4.69) is 17.0 Å². The molecular weight excluding hydrogens is 188 g/mol. The van der Waals surface area contributed by atoms with Gasteiger partial charge in [0.1, 0.15) is 0 Å². The van der Waals surface area contributed by atoms with Gasteiger partial charge in [-0.05, 0) is 26.2 Å². The smallest absolute Gasteiger partial charge is 0.0489 e. The van der Waals surface area contributed by atoms with Crippen molar-refractivity contribution in [2.24, 2.45) is 11.7 Å². The number of aliphatic hydroxyl groups excluding tert-OH is 1. The summed E-state index contributed by atoms with van der Waals surface area (Å²) in [6.45, 7) is 0.614. The maximum Gasteiger partial charge on any atom is 0.0489 e. The second-order valence-electron chi connectivity index (χ2n) is 4.00. The number of nitrogens with zero attached hydrogens (tertiary/aromatic N) is 1. The summed E-state index contributed by atoms with van der Waals surface area (Å²) in [6, 6.07) is 10.3. The Morgan fingerprint density at radius 3 is 2.27 bits per heavy atom. The standard InChI is InChI=1S/C12H20N2O/c1-14(2)12(11(8-13)9-15)10-6-4-3-5-7-10/h3-7,11-12,15H,8-9,13H2,1-2H3/t11-,12-/m0/s1. The summed E-state index contributed by atoms with van der Waals surface area (Å²) in [5, 5.41) is 9.30. The maximum absolute atomic E-state index is 9.30. The molecule has 0 saturated heterocycles. The number of rotatable bonds is 5. The molecule has 84 valence electrons. The second-order valence-corrected chi connectivity index (χ2v) is 4.00. The quantitative estimate of drug-likeness (QED) is 0.754. The molecule has 0 aromatic heterocycles. The zero-order valence-electron chi connectivity index (χ0n) is 9.43. The van der Waals surface area contributed by atoms with E-state index >= 15 is 0 Å². The van der Waals surface area contributed by atoms with Crippen molar-refractivity contribution in [1.82, 2.24) is 4.90 Å². The molecule has 0 aliphatic carbocycles. The molecule has 0 fully saturated rings. The van der Waals surface area contributed by atoms with Gasteiger partial charge in [0, 0.05) is 18.6 Å². The third-order valence-electron chi connectivity index (χ3n) is 2.68. The van der Waals surface area contributed by atoms with Crippen molar-refractivity contribution in [2.45, 2.75) is 6.04 Å². The Kier molecular flexibility index (Phi) is 4.75. The molecule has 3 nitrogen and oxygen atoms in total. The van der Waals surface area contributed by atoms with Crippen molar-refractivity contribution >= 4 is 0 Å². The lowest BCUT2D eigenvalue weighted by molar-refractivity contribution is 0.138. The minimum atomic E-state index is 0.0856. The van der Waals surface area contributed by atoms with Crippen molar-refractivity contribution in [3.8, 4) is 0 Å². The van der Waals surface area contributed by atoms with E-state index in [1.807, 2.05) is 32.3 Å². The van der Waals surface area contributed by atoms with Crippen LogP contribution in [-0.4, -0.2) is 37.3 Å². The van der Waals surface area contributed by atoms with Crippen LogP contribution in [0.25, 0.3) is 0 Å². The van der Waals surface area contributed by atoms with Crippen LogP contribution in [-0.2, 0) is 0 Å². The van der Waals surface area contributed by atoms with Crippen LogP contribution >= 0.6 is 0 Å².